The smallest absolute Gasteiger partial charge is 0.349 e. The molecule has 0 saturated heterocycles. The summed E-state index contributed by atoms with van der Waals surface area (Å²) in [5.41, 5.74) is 0. The zero-order chi connectivity index (χ0) is 13.5. The van der Waals surface area contributed by atoms with Crippen molar-refractivity contribution in [2.75, 3.05) is 0 Å². The Kier molecular flexibility index (Phi) is 6.02. The molecule has 0 N–H and O–H groups in total. The molecule has 0 aliphatic heterocycles. The molecule has 0 spiro atoms. The van der Waals surface area contributed by atoms with Crippen LogP contribution in [0.25, 0.3) is 0 Å². The molecular weight excluding hydrogens is 230 g/mol. The molecule has 1 saturated carbocycles. The minimum Gasteiger partial charge on any atom is -0.459 e. The Hall–Kier alpha value is -1.19. The van der Waals surface area contributed by atoms with E-state index in [0.29, 0.717) is 0 Å². The van der Waals surface area contributed by atoms with Crippen LogP contribution in [0, 0.1) is 5.92 Å². The molecule has 0 amide bonds. The number of ketones is 1. The second kappa shape index (κ2) is 7.29. The fraction of sp³-hybridized carbons (Fsp3) is 0.786. The average Bonchev–Trinajstić information content (AvgIpc) is 2.35. The summed E-state index contributed by atoms with van der Waals surface area (Å²) in [6, 6.07) is -0.437. The molecule has 0 aromatic heterocycles. The molecule has 1 aliphatic rings. The van der Waals surface area contributed by atoms with Crippen molar-refractivity contribution in [3.05, 3.63) is 0 Å². The van der Waals surface area contributed by atoms with Crippen molar-refractivity contribution in [2.45, 2.75) is 65.0 Å². The van der Waals surface area contributed by atoms with E-state index in [-0.39, 0.29) is 17.8 Å². The Morgan fingerprint density at radius 3 is 2.33 bits per heavy atom. The normalized spacial score (nSPS) is 19.1. The third-order valence-corrected chi connectivity index (χ3v) is 3.17. The maximum atomic E-state index is 12.1. The summed E-state index contributed by atoms with van der Waals surface area (Å²) in [5, 5.41) is 0. The third kappa shape index (κ3) is 4.98. The van der Waals surface area contributed by atoms with E-state index in [2.05, 4.69) is 4.99 Å². The van der Waals surface area contributed by atoms with Gasteiger partial charge >= 0.3 is 5.97 Å². The molecule has 1 rings (SSSR count). The number of carbonyl (C=O) groups excluding carboxylic acids is 2. The SMILES string of the molecule is CC(C)OC(=O)C=N[C@@H](C)C(=O)C1CCCCC1. The Labute approximate surface area is 109 Å². The Morgan fingerprint density at radius 1 is 1.17 bits per heavy atom. The van der Waals surface area contributed by atoms with Crippen LogP contribution in [0.15, 0.2) is 4.99 Å². The van der Waals surface area contributed by atoms with Gasteiger partial charge in [0.15, 0.2) is 5.78 Å². The first-order chi connectivity index (χ1) is 8.50. The molecule has 1 aliphatic carbocycles. The van der Waals surface area contributed by atoms with Crippen molar-refractivity contribution in [1.29, 1.82) is 0 Å². The van der Waals surface area contributed by atoms with E-state index in [1.54, 1.807) is 20.8 Å². The maximum Gasteiger partial charge on any atom is 0.349 e. The van der Waals surface area contributed by atoms with Gasteiger partial charge in [-0.15, -0.1) is 0 Å². The van der Waals surface area contributed by atoms with E-state index in [4.69, 9.17) is 4.74 Å². The van der Waals surface area contributed by atoms with Gasteiger partial charge in [-0.3, -0.25) is 9.79 Å². The van der Waals surface area contributed by atoms with Gasteiger partial charge in [0.1, 0.15) is 12.3 Å². The summed E-state index contributed by atoms with van der Waals surface area (Å²) in [6.07, 6.45) is 6.38. The van der Waals surface area contributed by atoms with Gasteiger partial charge in [-0.1, -0.05) is 19.3 Å². The van der Waals surface area contributed by atoms with Crippen molar-refractivity contribution in [2.24, 2.45) is 10.9 Å². The Morgan fingerprint density at radius 2 is 1.78 bits per heavy atom. The average molecular weight is 253 g/mol. The number of esters is 1. The topological polar surface area (TPSA) is 55.7 Å². The second-order valence-corrected chi connectivity index (χ2v) is 5.18. The van der Waals surface area contributed by atoms with Crippen molar-refractivity contribution in [3.63, 3.8) is 0 Å². The number of ether oxygens (including phenoxy) is 1. The Bertz CT molecular complexity index is 317. The highest BCUT2D eigenvalue weighted by Gasteiger charge is 2.24. The molecule has 1 fully saturated rings. The van der Waals surface area contributed by atoms with Crippen LogP contribution in [-0.2, 0) is 14.3 Å². The van der Waals surface area contributed by atoms with E-state index < -0.39 is 12.0 Å². The lowest BCUT2D eigenvalue weighted by atomic mass is 9.84. The fourth-order valence-corrected chi connectivity index (χ4v) is 2.24. The molecule has 0 heterocycles. The van der Waals surface area contributed by atoms with Crippen molar-refractivity contribution in [1.82, 2.24) is 0 Å². The van der Waals surface area contributed by atoms with E-state index in [9.17, 15) is 9.59 Å². The molecule has 0 bridgehead atoms. The monoisotopic (exact) mass is 253 g/mol. The Balaban J connectivity index is 2.43. The van der Waals surface area contributed by atoms with Crippen molar-refractivity contribution in [3.8, 4) is 0 Å². The fourth-order valence-electron chi connectivity index (χ4n) is 2.24. The highest BCUT2D eigenvalue weighted by molar-refractivity contribution is 6.23. The molecule has 0 aromatic carbocycles. The van der Waals surface area contributed by atoms with Gasteiger partial charge in [-0.25, -0.2) is 4.79 Å². The van der Waals surface area contributed by atoms with Gasteiger partial charge < -0.3 is 4.74 Å². The minimum atomic E-state index is -0.478. The second-order valence-electron chi connectivity index (χ2n) is 5.18. The molecule has 1 atom stereocenters. The van der Waals surface area contributed by atoms with Crippen LogP contribution >= 0.6 is 0 Å². The third-order valence-electron chi connectivity index (χ3n) is 3.17. The first-order valence-electron chi connectivity index (χ1n) is 6.78. The van der Waals surface area contributed by atoms with Crippen LogP contribution in [0.5, 0.6) is 0 Å². The predicted molar refractivity (Wildman–Crippen MR) is 70.8 cm³/mol. The van der Waals surface area contributed by atoms with Crippen molar-refractivity contribution >= 4 is 18.0 Å². The summed E-state index contributed by atoms with van der Waals surface area (Å²) < 4.78 is 4.93. The number of Topliss-reactive ketones (excluding diaryl/α,β-unsaturated/α-hetero) is 1. The molecular formula is C14H23NO3. The van der Waals surface area contributed by atoms with Crippen LogP contribution < -0.4 is 0 Å². The highest BCUT2D eigenvalue weighted by atomic mass is 16.5. The number of carbonyl (C=O) groups is 2. The van der Waals surface area contributed by atoms with E-state index >= 15 is 0 Å². The van der Waals surface area contributed by atoms with Crippen LogP contribution in [0.1, 0.15) is 52.9 Å². The number of nitrogens with zero attached hydrogens (tertiary/aromatic N) is 1. The molecule has 18 heavy (non-hydrogen) atoms. The molecule has 4 heteroatoms. The van der Waals surface area contributed by atoms with Crippen LogP contribution in [-0.4, -0.2) is 30.1 Å². The minimum absolute atomic E-state index is 0.131. The summed E-state index contributed by atoms with van der Waals surface area (Å²) in [5.74, 6) is -0.191. The van der Waals surface area contributed by atoms with Crippen LogP contribution in [0.3, 0.4) is 0 Å². The summed E-state index contributed by atoms with van der Waals surface area (Å²) in [4.78, 5) is 27.3. The van der Waals surface area contributed by atoms with E-state index in [1.165, 1.54) is 6.42 Å². The standard InChI is InChI=1S/C14H23NO3/c1-10(2)18-13(16)9-15-11(3)14(17)12-7-5-4-6-8-12/h9-12H,4-8H2,1-3H3/t11-/m0/s1. The molecule has 0 unspecified atom stereocenters. The maximum absolute atomic E-state index is 12.1. The largest absolute Gasteiger partial charge is 0.459 e. The van der Waals surface area contributed by atoms with Gasteiger partial charge in [0.05, 0.1) is 6.10 Å². The first-order valence-corrected chi connectivity index (χ1v) is 6.78. The first kappa shape index (κ1) is 14.9. The van der Waals surface area contributed by atoms with Crippen LogP contribution in [0.2, 0.25) is 0 Å². The van der Waals surface area contributed by atoms with Gasteiger partial charge in [0.2, 0.25) is 0 Å². The summed E-state index contributed by atoms with van der Waals surface area (Å²) >= 11 is 0. The zero-order valence-electron chi connectivity index (χ0n) is 11.5. The zero-order valence-corrected chi connectivity index (χ0v) is 11.5. The molecule has 0 radical (unpaired) electrons. The number of hydrogen-bond donors (Lipinski definition) is 0. The van der Waals surface area contributed by atoms with Crippen LogP contribution in [0.4, 0.5) is 0 Å². The van der Waals surface area contributed by atoms with E-state index in [1.807, 2.05) is 0 Å². The van der Waals surface area contributed by atoms with Gasteiger partial charge in [0.25, 0.3) is 0 Å². The highest BCUT2D eigenvalue weighted by Crippen LogP contribution is 2.25. The lowest BCUT2D eigenvalue weighted by molar-refractivity contribution is -0.138. The predicted octanol–water partition coefficient (Wildman–Crippen LogP) is 2.55. The lowest BCUT2D eigenvalue weighted by Gasteiger charge is -2.21. The van der Waals surface area contributed by atoms with Gasteiger partial charge in [-0.05, 0) is 33.6 Å². The quantitative estimate of drug-likeness (QED) is 0.559. The lowest BCUT2D eigenvalue weighted by Crippen LogP contribution is -2.27. The molecule has 4 nitrogen and oxygen atoms in total. The number of aliphatic imine (C=N–C) groups is 1. The van der Waals surface area contributed by atoms with E-state index in [0.717, 1.165) is 31.9 Å². The summed E-state index contributed by atoms with van der Waals surface area (Å²) in [6.45, 7) is 5.31. The molecule has 102 valence electrons. The van der Waals surface area contributed by atoms with Gasteiger partial charge in [0, 0.05) is 5.92 Å². The van der Waals surface area contributed by atoms with Crippen molar-refractivity contribution < 1.29 is 14.3 Å². The molecule has 0 aromatic rings. The number of hydrogen-bond acceptors (Lipinski definition) is 4. The number of rotatable bonds is 5. The van der Waals surface area contributed by atoms with Gasteiger partial charge in [-0.2, -0.15) is 0 Å². The summed E-state index contributed by atoms with van der Waals surface area (Å²) in [7, 11) is 0.